The maximum atomic E-state index is 12.2. The van der Waals surface area contributed by atoms with Crippen molar-refractivity contribution in [3.63, 3.8) is 0 Å². The molecule has 0 unspecified atom stereocenters. The van der Waals surface area contributed by atoms with Crippen molar-refractivity contribution in [2.75, 3.05) is 6.61 Å². The molecule has 1 saturated heterocycles. The Morgan fingerprint density at radius 3 is 2.89 bits per heavy atom. The van der Waals surface area contributed by atoms with Gasteiger partial charge in [0.05, 0.1) is 17.5 Å². The molecule has 0 radical (unpaired) electrons. The molecule has 2 aromatic rings. The van der Waals surface area contributed by atoms with Gasteiger partial charge >= 0.3 is 5.97 Å². The van der Waals surface area contributed by atoms with Crippen LogP contribution in [0.3, 0.4) is 0 Å². The van der Waals surface area contributed by atoms with Gasteiger partial charge in [0, 0.05) is 13.5 Å². The molecule has 1 fully saturated rings. The Morgan fingerprint density at radius 1 is 1.37 bits per heavy atom. The second-order valence-corrected chi connectivity index (χ2v) is 5.51. The fourth-order valence-electron chi connectivity index (χ4n) is 2.01. The number of ether oxygens (including phenoxy) is 1. The zero-order valence-electron chi connectivity index (χ0n) is 10.3. The van der Waals surface area contributed by atoms with Gasteiger partial charge in [-0.05, 0) is 12.1 Å². The SMILES string of the molecule is Cn1c(S[C@H]2CCOC2=O)nc2ccccc2c1=O. The van der Waals surface area contributed by atoms with E-state index in [1.165, 1.54) is 16.3 Å². The molecule has 0 aliphatic carbocycles. The first-order valence-corrected chi connectivity index (χ1v) is 6.84. The maximum absolute atomic E-state index is 12.2. The maximum Gasteiger partial charge on any atom is 0.319 e. The summed E-state index contributed by atoms with van der Waals surface area (Å²) in [7, 11) is 1.67. The van der Waals surface area contributed by atoms with E-state index in [0.29, 0.717) is 29.1 Å². The summed E-state index contributed by atoms with van der Waals surface area (Å²) in [5.74, 6) is -0.229. The molecule has 1 aliphatic rings. The van der Waals surface area contributed by atoms with Crippen LogP contribution in [0.25, 0.3) is 10.9 Å². The number of benzene rings is 1. The minimum absolute atomic E-state index is 0.0977. The third-order valence-electron chi connectivity index (χ3n) is 3.08. The van der Waals surface area contributed by atoms with Gasteiger partial charge in [0.2, 0.25) is 0 Å². The summed E-state index contributed by atoms with van der Waals surface area (Å²) in [5, 5.41) is 0.871. The number of hydrogen-bond donors (Lipinski definition) is 0. The number of aromatic nitrogens is 2. The third-order valence-corrected chi connectivity index (χ3v) is 4.37. The number of hydrogen-bond acceptors (Lipinski definition) is 5. The van der Waals surface area contributed by atoms with E-state index in [9.17, 15) is 9.59 Å². The average Bonchev–Trinajstić information content (AvgIpc) is 2.81. The highest BCUT2D eigenvalue weighted by molar-refractivity contribution is 8.00. The summed E-state index contributed by atoms with van der Waals surface area (Å²) in [4.78, 5) is 28.1. The van der Waals surface area contributed by atoms with Gasteiger partial charge in [-0.2, -0.15) is 0 Å². The van der Waals surface area contributed by atoms with Crippen LogP contribution in [0.2, 0.25) is 0 Å². The first kappa shape index (κ1) is 12.2. The molecule has 1 atom stereocenters. The van der Waals surface area contributed by atoms with Gasteiger partial charge in [-0.15, -0.1) is 0 Å². The van der Waals surface area contributed by atoms with Crippen LogP contribution in [0.15, 0.2) is 34.2 Å². The normalized spacial score (nSPS) is 18.8. The largest absolute Gasteiger partial charge is 0.465 e. The number of para-hydroxylation sites is 1. The minimum Gasteiger partial charge on any atom is -0.465 e. The highest BCUT2D eigenvalue weighted by Crippen LogP contribution is 2.28. The number of rotatable bonds is 2. The van der Waals surface area contributed by atoms with E-state index in [0.717, 1.165) is 0 Å². The predicted molar refractivity (Wildman–Crippen MR) is 72.2 cm³/mol. The number of carbonyl (C=O) groups is 1. The number of nitrogens with zero attached hydrogens (tertiary/aromatic N) is 2. The standard InChI is InChI=1S/C13H12N2O3S/c1-15-11(16)8-4-2-3-5-9(8)14-13(15)19-10-6-7-18-12(10)17/h2-5,10H,6-7H2,1H3/t10-/m0/s1. The molecule has 0 spiro atoms. The van der Waals surface area contributed by atoms with Crippen molar-refractivity contribution in [1.29, 1.82) is 0 Å². The van der Waals surface area contributed by atoms with Crippen molar-refractivity contribution in [3.05, 3.63) is 34.6 Å². The van der Waals surface area contributed by atoms with E-state index in [1.54, 1.807) is 19.2 Å². The molecular weight excluding hydrogens is 264 g/mol. The van der Waals surface area contributed by atoms with Gasteiger partial charge in [0.25, 0.3) is 5.56 Å². The van der Waals surface area contributed by atoms with Crippen molar-refractivity contribution < 1.29 is 9.53 Å². The molecular formula is C13H12N2O3S. The van der Waals surface area contributed by atoms with Crippen molar-refractivity contribution in [2.45, 2.75) is 16.8 Å². The zero-order chi connectivity index (χ0) is 13.4. The number of cyclic esters (lactones) is 1. The average molecular weight is 276 g/mol. The molecule has 5 nitrogen and oxygen atoms in total. The molecule has 3 rings (SSSR count). The van der Waals surface area contributed by atoms with Crippen LogP contribution < -0.4 is 5.56 Å². The quantitative estimate of drug-likeness (QED) is 0.612. The van der Waals surface area contributed by atoms with Gasteiger partial charge in [-0.3, -0.25) is 14.2 Å². The summed E-state index contributed by atoms with van der Waals surface area (Å²) in [6.45, 7) is 0.442. The molecule has 0 saturated carbocycles. The fraction of sp³-hybridized carbons (Fsp3) is 0.308. The van der Waals surface area contributed by atoms with E-state index in [1.807, 2.05) is 12.1 Å². The monoisotopic (exact) mass is 276 g/mol. The Balaban J connectivity index is 2.06. The van der Waals surface area contributed by atoms with Gasteiger partial charge < -0.3 is 4.74 Å². The molecule has 0 N–H and O–H groups in total. The second-order valence-electron chi connectivity index (χ2n) is 4.34. The zero-order valence-corrected chi connectivity index (χ0v) is 11.1. The number of thioether (sulfide) groups is 1. The lowest BCUT2D eigenvalue weighted by Gasteiger charge is -2.10. The lowest BCUT2D eigenvalue weighted by molar-refractivity contribution is -0.137. The van der Waals surface area contributed by atoms with E-state index in [2.05, 4.69) is 4.98 Å². The van der Waals surface area contributed by atoms with Crippen LogP contribution in [-0.4, -0.2) is 27.4 Å². The topological polar surface area (TPSA) is 61.2 Å². The molecule has 1 aromatic carbocycles. The second kappa shape index (κ2) is 4.70. The fourth-order valence-corrected chi connectivity index (χ4v) is 3.04. The Bertz CT molecular complexity index is 711. The number of fused-ring (bicyclic) bond motifs is 1. The molecule has 1 aromatic heterocycles. The summed E-state index contributed by atoms with van der Waals surface area (Å²) in [6, 6.07) is 7.20. The van der Waals surface area contributed by atoms with Crippen molar-refractivity contribution in [1.82, 2.24) is 9.55 Å². The molecule has 1 aliphatic heterocycles. The van der Waals surface area contributed by atoms with E-state index in [4.69, 9.17) is 4.74 Å². The van der Waals surface area contributed by atoms with Crippen molar-refractivity contribution in [3.8, 4) is 0 Å². The summed E-state index contributed by atoms with van der Waals surface area (Å²) < 4.78 is 6.41. The molecule has 98 valence electrons. The molecule has 19 heavy (non-hydrogen) atoms. The van der Waals surface area contributed by atoms with Gasteiger partial charge in [0.1, 0.15) is 5.25 Å². The summed E-state index contributed by atoms with van der Waals surface area (Å²) >= 11 is 1.29. The third kappa shape index (κ3) is 2.12. The summed E-state index contributed by atoms with van der Waals surface area (Å²) in [6.07, 6.45) is 0.659. The van der Waals surface area contributed by atoms with Gasteiger partial charge in [-0.25, -0.2) is 4.98 Å². The van der Waals surface area contributed by atoms with E-state index in [-0.39, 0.29) is 16.8 Å². The lowest BCUT2D eigenvalue weighted by Crippen LogP contribution is -2.21. The Kier molecular flexibility index (Phi) is 3.02. The minimum atomic E-state index is -0.265. The first-order chi connectivity index (χ1) is 9.16. The van der Waals surface area contributed by atoms with Gasteiger partial charge in [-0.1, -0.05) is 23.9 Å². The van der Waals surface area contributed by atoms with Crippen molar-refractivity contribution >= 4 is 28.6 Å². The first-order valence-electron chi connectivity index (χ1n) is 5.96. The lowest BCUT2D eigenvalue weighted by atomic mass is 10.2. The van der Waals surface area contributed by atoms with Gasteiger partial charge in [0.15, 0.2) is 5.16 Å². The van der Waals surface area contributed by atoms with E-state index >= 15 is 0 Å². The van der Waals surface area contributed by atoms with Crippen LogP contribution in [0.1, 0.15) is 6.42 Å². The number of carbonyl (C=O) groups excluding carboxylic acids is 1. The van der Waals surface area contributed by atoms with Crippen LogP contribution in [0.4, 0.5) is 0 Å². The Morgan fingerprint density at radius 2 is 2.16 bits per heavy atom. The Labute approximate surface area is 113 Å². The summed E-state index contributed by atoms with van der Waals surface area (Å²) in [5.41, 5.74) is 0.555. The predicted octanol–water partition coefficient (Wildman–Crippen LogP) is 1.34. The number of esters is 1. The van der Waals surface area contributed by atoms with Crippen molar-refractivity contribution in [2.24, 2.45) is 7.05 Å². The van der Waals surface area contributed by atoms with Crippen LogP contribution in [0.5, 0.6) is 0 Å². The molecule has 2 heterocycles. The van der Waals surface area contributed by atoms with Crippen LogP contribution in [-0.2, 0) is 16.6 Å². The molecule has 0 bridgehead atoms. The van der Waals surface area contributed by atoms with Crippen LogP contribution >= 0.6 is 11.8 Å². The van der Waals surface area contributed by atoms with Crippen LogP contribution in [0, 0.1) is 0 Å². The highest BCUT2D eigenvalue weighted by atomic mass is 32.2. The molecule has 0 amide bonds. The Hall–Kier alpha value is -1.82. The molecule has 6 heteroatoms. The highest BCUT2D eigenvalue weighted by Gasteiger charge is 2.29. The van der Waals surface area contributed by atoms with E-state index < -0.39 is 0 Å². The smallest absolute Gasteiger partial charge is 0.319 e.